The van der Waals surface area contributed by atoms with Gasteiger partial charge in [0.05, 0.1) is 0 Å². The van der Waals surface area contributed by atoms with E-state index in [4.69, 9.17) is 21.1 Å². The molecule has 2 aromatic rings. The monoisotopic (exact) mass is 575 g/mol. The van der Waals surface area contributed by atoms with Gasteiger partial charge in [0.2, 0.25) is 12.7 Å². The molecule has 2 amide bonds. The third kappa shape index (κ3) is 5.66. The summed E-state index contributed by atoms with van der Waals surface area (Å²) in [6, 6.07) is 9.84. The molecule has 2 fully saturated rings. The van der Waals surface area contributed by atoms with E-state index in [1.807, 2.05) is 12.1 Å². The molecule has 2 aromatic carbocycles. The molecule has 5 rings (SSSR count). The van der Waals surface area contributed by atoms with E-state index in [1.165, 1.54) is 6.42 Å². The standard InChI is InChI=1S/C27H31BrClN3O4/c28-22-14-24-23(35-16-36-24)13-21(22)25(26(33)31-19-5-2-1-3-6-19)32(15-20-7-4-12-30-20)27(34)17-8-10-18(29)11-9-17/h8-11,13-14,19-20,25,30H,1-7,12,15-16H2,(H,31,33). The van der Waals surface area contributed by atoms with Crippen LogP contribution in [0.2, 0.25) is 5.02 Å². The Labute approximate surface area is 225 Å². The number of nitrogens with one attached hydrogen (secondary N) is 2. The highest BCUT2D eigenvalue weighted by atomic mass is 79.9. The first kappa shape index (κ1) is 25.4. The summed E-state index contributed by atoms with van der Waals surface area (Å²) in [4.78, 5) is 29.7. The van der Waals surface area contributed by atoms with Crippen molar-refractivity contribution in [2.45, 2.75) is 63.1 Å². The van der Waals surface area contributed by atoms with Gasteiger partial charge >= 0.3 is 0 Å². The lowest BCUT2D eigenvalue weighted by Crippen LogP contribution is -2.50. The predicted molar refractivity (Wildman–Crippen MR) is 142 cm³/mol. The fraction of sp³-hybridized carbons (Fsp3) is 0.481. The van der Waals surface area contributed by atoms with E-state index in [0.29, 0.717) is 38.7 Å². The Hall–Kier alpha value is -2.29. The zero-order chi connectivity index (χ0) is 25.1. The molecule has 0 spiro atoms. The number of rotatable bonds is 7. The second kappa shape index (κ2) is 11.4. The molecule has 7 nitrogen and oxygen atoms in total. The van der Waals surface area contributed by atoms with Crippen LogP contribution in [0.4, 0.5) is 0 Å². The lowest BCUT2D eigenvalue weighted by molar-refractivity contribution is -0.127. The zero-order valence-electron chi connectivity index (χ0n) is 20.1. The van der Waals surface area contributed by atoms with Crippen LogP contribution in [0.3, 0.4) is 0 Å². The smallest absolute Gasteiger partial charge is 0.254 e. The molecule has 2 aliphatic heterocycles. The van der Waals surface area contributed by atoms with Crippen LogP contribution in [-0.4, -0.2) is 48.7 Å². The summed E-state index contributed by atoms with van der Waals surface area (Å²) in [5.74, 6) is 0.794. The molecule has 192 valence electrons. The number of hydrogen-bond donors (Lipinski definition) is 2. The maximum atomic E-state index is 14.0. The van der Waals surface area contributed by atoms with Crippen molar-refractivity contribution >= 4 is 39.3 Å². The van der Waals surface area contributed by atoms with Crippen molar-refractivity contribution in [1.82, 2.24) is 15.5 Å². The molecule has 2 unspecified atom stereocenters. The van der Waals surface area contributed by atoms with Gasteiger partial charge in [-0.15, -0.1) is 0 Å². The SMILES string of the molecule is O=C(NC1CCCCC1)C(c1cc2c(cc1Br)OCO2)N(CC1CCCN1)C(=O)c1ccc(Cl)cc1. The van der Waals surface area contributed by atoms with Gasteiger partial charge in [0.15, 0.2) is 11.5 Å². The molecular weight excluding hydrogens is 546 g/mol. The van der Waals surface area contributed by atoms with Crippen LogP contribution in [0.15, 0.2) is 40.9 Å². The Balaban J connectivity index is 1.55. The average Bonchev–Trinajstić information content (AvgIpc) is 3.56. The van der Waals surface area contributed by atoms with E-state index in [-0.39, 0.29) is 30.7 Å². The number of halogens is 2. The van der Waals surface area contributed by atoms with Crippen LogP contribution in [0.1, 0.15) is 66.9 Å². The number of hydrogen-bond acceptors (Lipinski definition) is 5. The minimum Gasteiger partial charge on any atom is -0.454 e. The molecule has 1 aliphatic carbocycles. The average molecular weight is 577 g/mol. The van der Waals surface area contributed by atoms with Crippen LogP contribution in [0, 0.1) is 0 Å². The van der Waals surface area contributed by atoms with Gasteiger partial charge in [-0.3, -0.25) is 9.59 Å². The summed E-state index contributed by atoms with van der Waals surface area (Å²) in [7, 11) is 0. The third-order valence-electron chi connectivity index (χ3n) is 7.23. The molecule has 1 saturated heterocycles. The fourth-order valence-corrected chi connectivity index (χ4v) is 6.00. The lowest BCUT2D eigenvalue weighted by Gasteiger charge is -2.35. The lowest BCUT2D eigenvalue weighted by atomic mass is 9.94. The Morgan fingerprint density at radius 2 is 1.78 bits per heavy atom. The van der Waals surface area contributed by atoms with E-state index in [0.717, 1.165) is 45.1 Å². The van der Waals surface area contributed by atoms with Crippen molar-refractivity contribution in [3.8, 4) is 11.5 Å². The Bertz CT molecular complexity index is 1100. The number of amides is 2. The van der Waals surface area contributed by atoms with Crippen molar-refractivity contribution in [1.29, 1.82) is 0 Å². The molecule has 2 heterocycles. The molecular formula is C27H31BrClN3O4. The van der Waals surface area contributed by atoms with Gasteiger partial charge in [-0.05, 0) is 68.6 Å². The quantitative estimate of drug-likeness (QED) is 0.473. The van der Waals surface area contributed by atoms with Crippen molar-refractivity contribution < 1.29 is 19.1 Å². The van der Waals surface area contributed by atoms with E-state index in [9.17, 15) is 9.59 Å². The normalized spacial score (nSPS) is 20.2. The van der Waals surface area contributed by atoms with E-state index < -0.39 is 6.04 Å². The zero-order valence-corrected chi connectivity index (χ0v) is 22.4. The topological polar surface area (TPSA) is 79.9 Å². The van der Waals surface area contributed by atoms with Crippen molar-refractivity contribution in [2.75, 3.05) is 19.9 Å². The van der Waals surface area contributed by atoms with Crippen molar-refractivity contribution in [2.24, 2.45) is 0 Å². The number of fused-ring (bicyclic) bond motifs is 1. The number of carbonyl (C=O) groups excluding carboxylic acids is 2. The van der Waals surface area contributed by atoms with Crippen LogP contribution in [-0.2, 0) is 4.79 Å². The van der Waals surface area contributed by atoms with Gasteiger partial charge in [0.25, 0.3) is 5.91 Å². The summed E-state index contributed by atoms with van der Waals surface area (Å²) in [5.41, 5.74) is 1.16. The first-order valence-electron chi connectivity index (χ1n) is 12.7. The molecule has 2 N–H and O–H groups in total. The molecule has 3 aliphatic rings. The highest BCUT2D eigenvalue weighted by Crippen LogP contribution is 2.41. The van der Waals surface area contributed by atoms with Crippen molar-refractivity contribution in [3.05, 3.63) is 57.0 Å². The van der Waals surface area contributed by atoms with Crippen molar-refractivity contribution in [3.63, 3.8) is 0 Å². The molecule has 36 heavy (non-hydrogen) atoms. The second-order valence-electron chi connectivity index (χ2n) is 9.73. The Morgan fingerprint density at radius 1 is 1.06 bits per heavy atom. The molecule has 0 radical (unpaired) electrons. The van der Waals surface area contributed by atoms with Gasteiger partial charge in [-0.2, -0.15) is 0 Å². The summed E-state index contributed by atoms with van der Waals surface area (Å²) >= 11 is 9.75. The van der Waals surface area contributed by atoms with Gasteiger partial charge in [0, 0.05) is 39.3 Å². The summed E-state index contributed by atoms with van der Waals surface area (Å²) < 4.78 is 11.9. The van der Waals surface area contributed by atoms with Gasteiger partial charge in [-0.25, -0.2) is 0 Å². The minimum atomic E-state index is -0.846. The molecule has 2 atom stereocenters. The number of carbonyl (C=O) groups is 2. The van der Waals surface area contributed by atoms with Crippen LogP contribution >= 0.6 is 27.5 Å². The maximum absolute atomic E-state index is 14.0. The van der Waals surface area contributed by atoms with E-state index in [2.05, 4.69) is 26.6 Å². The number of benzene rings is 2. The third-order valence-corrected chi connectivity index (χ3v) is 8.17. The molecule has 1 saturated carbocycles. The fourth-order valence-electron chi connectivity index (χ4n) is 5.33. The summed E-state index contributed by atoms with van der Waals surface area (Å²) in [6.45, 7) is 1.44. The van der Waals surface area contributed by atoms with Gasteiger partial charge in [0.1, 0.15) is 6.04 Å². The predicted octanol–water partition coefficient (Wildman–Crippen LogP) is 5.22. The summed E-state index contributed by atoms with van der Waals surface area (Å²) in [6.07, 6.45) is 7.29. The molecule has 0 bridgehead atoms. The maximum Gasteiger partial charge on any atom is 0.254 e. The van der Waals surface area contributed by atoms with Crippen LogP contribution < -0.4 is 20.1 Å². The minimum absolute atomic E-state index is 0.110. The van der Waals surface area contributed by atoms with Gasteiger partial charge in [-0.1, -0.05) is 46.8 Å². The Kier molecular flexibility index (Phi) is 8.03. The molecule has 0 aromatic heterocycles. The second-order valence-corrected chi connectivity index (χ2v) is 11.0. The highest BCUT2D eigenvalue weighted by molar-refractivity contribution is 9.10. The van der Waals surface area contributed by atoms with Crippen LogP contribution in [0.25, 0.3) is 0 Å². The first-order valence-corrected chi connectivity index (χ1v) is 13.9. The Morgan fingerprint density at radius 3 is 2.47 bits per heavy atom. The number of ether oxygens (including phenoxy) is 2. The number of nitrogens with zero attached hydrogens (tertiary/aromatic N) is 1. The van der Waals surface area contributed by atoms with E-state index >= 15 is 0 Å². The first-order chi connectivity index (χ1) is 17.5. The van der Waals surface area contributed by atoms with Crippen LogP contribution in [0.5, 0.6) is 11.5 Å². The summed E-state index contributed by atoms with van der Waals surface area (Å²) in [5, 5.41) is 7.30. The van der Waals surface area contributed by atoms with E-state index in [1.54, 1.807) is 29.2 Å². The van der Waals surface area contributed by atoms with Gasteiger partial charge < -0.3 is 25.0 Å². The largest absolute Gasteiger partial charge is 0.454 e. The molecule has 9 heteroatoms. The highest BCUT2D eigenvalue weighted by Gasteiger charge is 2.37.